The minimum Gasteiger partial charge on any atom is -0.303 e. The second kappa shape index (κ2) is 6.03. The van der Waals surface area contributed by atoms with E-state index < -0.39 is 0 Å². The summed E-state index contributed by atoms with van der Waals surface area (Å²) >= 11 is 0. The van der Waals surface area contributed by atoms with Crippen LogP contribution >= 0.6 is 0 Å². The SMILES string of the molecule is Cc1ccc(C(C)NC(c2ccccc2)C2CC2)cc1C. The molecule has 2 aromatic rings. The first-order chi connectivity index (χ1) is 10.1. The Morgan fingerprint density at radius 1 is 0.905 bits per heavy atom. The molecule has 0 bridgehead atoms. The Labute approximate surface area is 128 Å². The molecule has 0 radical (unpaired) electrons. The topological polar surface area (TPSA) is 12.0 Å². The van der Waals surface area contributed by atoms with E-state index in [1.165, 1.54) is 35.1 Å². The number of nitrogens with one attached hydrogen (secondary N) is 1. The van der Waals surface area contributed by atoms with Gasteiger partial charge < -0.3 is 5.32 Å². The van der Waals surface area contributed by atoms with Crippen LogP contribution in [0.15, 0.2) is 48.5 Å². The number of rotatable bonds is 5. The molecular formula is C20H25N. The molecule has 110 valence electrons. The van der Waals surface area contributed by atoms with E-state index in [2.05, 4.69) is 74.6 Å². The van der Waals surface area contributed by atoms with Crippen molar-refractivity contribution in [1.29, 1.82) is 0 Å². The van der Waals surface area contributed by atoms with Gasteiger partial charge in [0.1, 0.15) is 0 Å². The first kappa shape index (κ1) is 14.3. The van der Waals surface area contributed by atoms with Gasteiger partial charge in [-0.3, -0.25) is 0 Å². The van der Waals surface area contributed by atoms with Crippen molar-refractivity contribution in [2.45, 2.75) is 45.7 Å². The van der Waals surface area contributed by atoms with Crippen LogP contribution < -0.4 is 5.32 Å². The zero-order chi connectivity index (χ0) is 14.8. The molecule has 0 aliphatic heterocycles. The van der Waals surface area contributed by atoms with Crippen molar-refractivity contribution in [3.05, 3.63) is 70.8 Å². The third-order valence-corrected chi connectivity index (χ3v) is 4.71. The van der Waals surface area contributed by atoms with Crippen LogP contribution in [-0.2, 0) is 0 Å². The zero-order valence-corrected chi connectivity index (χ0v) is 13.3. The van der Waals surface area contributed by atoms with Crippen molar-refractivity contribution in [2.24, 2.45) is 5.92 Å². The van der Waals surface area contributed by atoms with E-state index in [0.29, 0.717) is 12.1 Å². The fourth-order valence-electron chi connectivity index (χ4n) is 2.99. The lowest BCUT2D eigenvalue weighted by Crippen LogP contribution is -2.26. The number of benzene rings is 2. The standard InChI is InChI=1S/C20H25N/c1-14-9-10-19(13-15(14)2)16(3)21-20(18-11-12-18)17-7-5-4-6-8-17/h4-10,13,16,18,20-21H,11-12H2,1-3H3. The molecule has 0 saturated heterocycles. The molecule has 3 rings (SSSR count). The van der Waals surface area contributed by atoms with Gasteiger partial charge in [0.2, 0.25) is 0 Å². The van der Waals surface area contributed by atoms with Gasteiger partial charge in [0.05, 0.1) is 0 Å². The van der Waals surface area contributed by atoms with Crippen LogP contribution in [-0.4, -0.2) is 0 Å². The lowest BCUT2D eigenvalue weighted by atomic mass is 9.98. The van der Waals surface area contributed by atoms with Crippen LogP contribution in [0, 0.1) is 19.8 Å². The van der Waals surface area contributed by atoms with Crippen LogP contribution in [0.3, 0.4) is 0 Å². The zero-order valence-electron chi connectivity index (χ0n) is 13.3. The quantitative estimate of drug-likeness (QED) is 0.802. The van der Waals surface area contributed by atoms with Crippen molar-refractivity contribution in [2.75, 3.05) is 0 Å². The smallest absolute Gasteiger partial charge is 0.0353 e. The maximum atomic E-state index is 3.86. The minimum atomic E-state index is 0.384. The van der Waals surface area contributed by atoms with Crippen molar-refractivity contribution >= 4 is 0 Å². The number of aryl methyl sites for hydroxylation is 2. The first-order valence-corrected chi connectivity index (χ1v) is 8.03. The minimum absolute atomic E-state index is 0.384. The van der Waals surface area contributed by atoms with Gasteiger partial charge in [-0.15, -0.1) is 0 Å². The molecule has 21 heavy (non-hydrogen) atoms. The van der Waals surface area contributed by atoms with Gasteiger partial charge in [0, 0.05) is 12.1 Å². The molecule has 0 spiro atoms. The summed E-state index contributed by atoms with van der Waals surface area (Å²) in [5.41, 5.74) is 5.56. The van der Waals surface area contributed by atoms with E-state index in [-0.39, 0.29) is 0 Å². The highest BCUT2D eigenvalue weighted by atomic mass is 15.0. The number of hydrogen-bond donors (Lipinski definition) is 1. The highest BCUT2D eigenvalue weighted by Gasteiger charge is 2.33. The fourth-order valence-corrected chi connectivity index (χ4v) is 2.99. The van der Waals surface area contributed by atoms with Gasteiger partial charge in [-0.25, -0.2) is 0 Å². The van der Waals surface area contributed by atoms with Crippen molar-refractivity contribution in [3.8, 4) is 0 Å². The van der Waals surface area contributed by atoms with Gasteiger partial charge in [-0.05, 0) is 61.8 Å². The van der Waals surface area contributed by atoms with E-state index >= 15 is 0 Å². The third kappa shape index (κ3) is 3.36. The Hall–Kier alpha value is -1.60. The Kier molecular flexibility index (Phi) is 4.12. The molecule has 1 saturated carbocycles. The van der Waals surface area contributed by atoms with E-state index in [9.17, 15) is 0 Å². The van der Waals surface area contributed by atoms with Crippen molar-refractivity contribution in [3.63, 3.8) is 0 Å². The highest BCUT2D eigenvalue weighted by Crippen LogP contribution is 2.42. The summed E-state index contributed by atoms with van der Waals surface area (Å²) in [7, 11) is 0. The second-order valence-electron chi connectivity index (χ2n) is 6.46. The molecule has 1 N–H and O–H groups in total. The monoisotopic (exact) mass is 279 g/mol. The highest BCUT2D eigenvalue weighted by molar-refractivity contribution is 5.32. The first-order valence-electron chi connectivity index (χ1n) is 8.03. The van der Waals surface area contributed by atoms with E-state index in [1.54, 1.807) is 0 Å². The second-order valence-corrected chi connectivity index (χ2v) is 6.46. The lowest BCUT2D eigenvalue weighted by molar-refractivity contribution is 0.427. The average molecular weight is 279 g/mol. The van der Waals surface area contributed by atoms with Crippen LogP contribution in [0.4, 0.5) is 0 Å². The van der Waals surface area contributed by atoms with Gasteiger partial charge in [0.25, 0.3) is 0 Å². The molecule has 0 heterocycles. The molecule has 0 aromatic heterocycles. The van der Waals surface area contributed by atoms with Crippen LogP contribution in [0.1, 0.15) is 54.1 Å². The largest absolute Gasteiger partial charge is 0.303 e. The Morgan fingerprint density at radius 3 is 2.24 bits per heavy atom. The summed E-state index contributed by atoms with van der Waals surface area (Å²) in [6.07, 6.45) is 2.71. The molecule has 1 aliphatic rings. The van der Waals surface area contributed by atoms with Crippen molar-refractivity contribution < 1.29 is 0 Å². The Bertz CT molecular complexity index is 598. The molecule has 0 amide bonds. The van der Waals surface area contributed by atoms with Gasteiger partial charge >= 0.3 is 0 Å². The molecular weight excluding hydrogens is 254 g/mol. The molecule has 1 nitrogen and oxygen atoms in total. The van der Waals surface area contributed by atoms with Gasteiger partial charge in [-0.2, -0.15) is 0 Å². The van der Waals surface area contributed by atoms with E-state index in [1.807, 2.05) is 0 Å². The summed E-state index contributed by atoms with van der Waals surface area (Å²) in [5, 5.41) is 3.86. The summed E-state index contributed by atoms with van der Waals surface area (Å²) in [6, 6.07) is 18.6. The Balaban J connectivity index is 1.78. The van der Waals surface area contributed by atoms with E-state index in [0.717, 1.165) is 5.92 Å². The predicted molar refractivity (Wildman–Crippen MR) is 89.4 cm³/mol. The summed E-state index contributed by atoms with van der Waals surface area (Å²) in [4.78, 5) is 0. The fraction of sp³-hybridized carbons (Fsp3) is 0.400. The lowest BCUT2D eigenvalue weighted by Gasteiger charge is -2.24. The normalized spacial score (nSPS) is 17.5. The molecule has 2 atom stereocenters. The van der Waals surface area contributed by atoms with E-state index in [4.69, 9.17) is 0 Å². The average Bonchev–Trinajstić information content (AvgIpc) is 3.33. The van der Waals surface area contributed by atoms with Gasteiger partial charge in [0.15, 0.2) is 0 Å². The maximum Gasteiger partial charge on any atom is 0.0353 e. The predicted octanol–water partition coefficient (Wildman–Crippen LogP) is 5.11. The third-order valence-electron chi connectivity index (χ3n) is 4.71. The molecule has 1 aliphatic carbocycles. The number of hydrogen-bond acceptors (Lipinski definition) is 1. The molecule has 1 fully saturated rings. The van der Waals surface area contributed by atoms with Crippen LogP contribution in [0.2, 0.25) is 0 Å². The summed E-state index contributed by atoms with van der Waals surface area (Å²) in [6.45, 7) is 6.65. The van der Waals surface area contributed by atoms with Crippen LogP contribution in [0.5, 0.6) is 0 Å². The van der Waals surface area contributed by atoms with Crippen LogP contribution in [0.25, 0.3) is 0 Å². The summed E-state index contributed by atoms with van der Waals surface area (Å²) < 4.78 is 0. The maximum absolute atomic E-state index is 3.86. The molecule has 2 unspecified atom stereocenters. The Morgan fingerprint density at radius 2 is 1.62 bits per heavy atom. The summed E-state index contributed by atoms with van der Waals surface area (Å²) in [5.74, 6) is 0.807. The molecule has 1 heteroatoms. The molecule has 2 aromatic carbocycles. The van der Waals surface area contributed by atoms with Gasteiger partial charge in [-0.1, -0.05) is 48.5 Å². The van der Waals surface area contributed by atoms with Crippen molar-refractivity contribution in [1.82, 2.24) is 5.32 Å².